The number of allylic oxidation sites excluding steroid dienone is 5. The lowest BCUT2D eigenvalue weighted by Crippen LogP contribution is -2.36. The van der Waals surface area contributed by atoms with Gasteiger partial charge >= 0.3 is 6.18 Å². The van der Waals surface area contributed by atoms with Crippen LogP contribution in [0.1, 0.15) is 54.4 Å². The van der Waals surface area contributed by atoms with Crippen molar-refractivity contribution in [2.24, 2.45) is 21.3 Å². The molecule has 0 rings (SSSR count). The number of nitrogens with one attached hydrogen (secondary N) is 3. The minimum absolute atomic E-state index is 0.0870. The van der Waals surface area contributed by atoms with E-state index in [2.05, 4.69) is 39.4 Å². The van der Waals surface area contributed by atoms with E-state index >= 15 is 0 Å². The maximum absolute atomic E-state index is 12.9. The molecule has 0 aliphatic heterocycles. The van der Waals surface area contributed by atoms with Crippen molar-refractivity contribution >= 4 is 29.3 Å². The Labute approximate surface area is 229 Å². The number of aliphatic hydroxyl groups is 1. The van der Waals surface area contributed by atoms with Gasteiger partial charge in [0.05, 0.1) is 0 Å². The molecular weight excluding hydrogens is 515 g/mol. The van der Waals surface area contributed by atoms with Crippen molar-refractivity contribution in [3.63, 3.8) is 0 Å². The third kappa shape index (κ3) is 12.8. The Hall–Kier alpha value is -2.53. The van der Waals surface area contributed by atoms with Crippen LogP contribution in [0.4, 0.5) is 13.2 Å². The monoisotopic (exact) mass is 559 g/mol. The molecule has 1 amide bonds. The Morgan fingerprint density at radius 3 is 2.26 bits per heavy atom. The zero-order valence-electron chi connectivity index (χ0n) is 23.8. The fourth-order valence-electron chi connectivity index (χ4n) is 3.38. The van der Waals surface area contributed by atoms with Gasteiger partial charge in [0.25, 0.3) is 0 Å². The highest BCUT2D eigenvalue weighted by atomic mass is 32.2. The SMILES string of the molecule is C=C(/C=C(C)\C=C(/C)NC(=NCC)/N=C(\C)C(F)(F)F)/C(=C/NC)SCC(C)(CC)C(CO)CC(=O)NC. The van der Waals surface area contributed by atoms with Gasteiger partial charge in [-0.25, -0.2) is 4.99 Å². The van der Waals surface area contributed by atoms with Gasteiger partial charge in [0.2, 0.25) is 11.9 Å². The standard InChI is InChI=1S/C27H44F3N5O2S/c1-10-26(7,22(16-36)14-24(37)32-9)17-38-23(15-31-8)19(4)12-18(3)13-20(5)34-25(33-11-2)35-21(6)27(28,29)30/h12-13,15,22,31,36H,4,10-11,14,16-17H2,1-3,5-9H3,(H,32,37)(H,33,34)/b18-12-,20-13+,23-15-,35-21+. The summed E-state index contributed by atoms with van der Waals surface area (Å²) in [5, 5.41) is 18.5. The van der Waals surface area contributed by atoms with E-state index in [1.807, 2.05) is 26.1 Å². The van der Waals surface area contributed by atoms with Crippen LogP contribution in [0, 0.1) is 11.3 Å². The molecule has 216 valence electrons. The number of thioether (sulfide) groups is 1. The minimum Gasteiger partial charge on any atom is -0.396 e. The van der Waals surface area contributed by atoms with Crippen LogP contribution in [-0.2, 0) is 4.79 Å². The average molecular weight is 560 g/mol. The molecule has 2 unspecified atom stereocenters. The molecule has 0 aromatic heterocycles. The number of hydrogen-bond donors (Lipinski definition) is 4. The summed E-state index contributed by atoms with van der Waals surface area (Å²) in [4.78, 5) is 20.4. The van der Waals surface area contributed by atoms with E-state index in [1.54, 1.807) is 45.8 Å². The number of carbonyl (C=O) groups excluding carboxylic acids is 1. The van der Waals surface area contributed by atoms with Crippen LogP contribution in [0.2, 0.25) is 0 Å². The van der Waals surface area contributed by atoms with E-state index in [4.69, 9.17) is 0 Å². The molecular formula is C27H44F3N5O2S. The molecule has 11 heteroatoms. The number of amides is 1. The van der Waals surface area contributed by atoms with Gasteiger partial charge in [-0.15, -0.1) is 11.8 Å². The van der Waals surface area contributed by atoms with E-state index in [1.165, 1.54) is 0 Å². The lowest BCUT2D eigenvalue weighted by molar-refractivity contribution is -0.123. The van der Waals surface area contributed by atoms with E-state index in [-0.39, 0.29) is 42.8 Å². The molecule has 0 saturated heterocycles. The first-order chi connectivity index (χ1) is 17.7. The number of aliphatic hydroxyl groups excluding tert-OH is 1. The van der Waals surface area contributed by atoms with Crippen LogP contribution >= 0.6 is 11.8 Å². The third-order valence-corrected chi connectivity index (χ3v) is 7.52. The van der Waals surface area contributed by atoms with Gasteiger partial charge in [0.1, 0.15) is 5.71 Å². The fraction of sp³-hybridized carbons (Fsp3) is 0.593. The summed E-state index contributed by atoms with van der Waals surface area (Å²) >= 11 is 1.58. The van der Waals surface area contributed by atoms with E-state index in [9.17, 15) is 23.1 Å². The quantitative estimate of drug-likeness (QED) is 0.131. The number of aliphatic imine (C=N–C) groups is 2. The van der Waals surface area contributed by atoms with Crippen LogP contribution in [0.5, 0.6) is 0 Å². The largest absolute Gasteiger partial charge is 0.429 e. The molecule has 0 aliphatic rings. The summed E-state index contributed by atoms with van der Waals surface area (Å²) in [5.41, 5.74) is 0.860. The van der Waals surface area contributed by atoms with Gasteiger partial charge in [-0.05, 0) is 62.7 Å². The van der Waals surface area contributed by atoms with Crippen LogP contribution in [0.3, 0.4) is 0 Å². The van der Waals surface area contributed by atoms with Crippen LogP contribution in [0.25, 0.3) is 0 Å². The zero-order chi connectivity index (χ0) is 29.5. The maximum Gasteiger partial charge on any atom is 0.429 e. The molecule has 4 N–H and O–H groups in total. The lowest BCUT2D eigenvalue weighted by Gasteiger charge is -2.36. The number of rotatable bonds is 14. The zero-order valence-corrected chi connectivity index (χ0v) is 24.7. The second kappa shape index (κ2) is 17.1. The number of alkyl halides is 3. The molecule has 0 bridgehead atoms. The first kappa shape index (κ1) is 35.5. The number of nitrogens with zero attached hydrogens (tertiary/aromatic N) is 2. The second-order valence-electron chi connectivity index (χ2n) is 9.21. The average Bonchev–Trinajstić information content (AvgIpc) is 2.83. The third-order valence-electron chi connectivity index (χ3n) is 6.02. The molecule has 0 aliphatic carbocycles. The Morgan fingerprint density at radius 2 is 1.79 bits per heavy atom. The van der Waals surface area contributed by atoms with E-state index in [0.29, 0.717) is 11.4 Å². The molecule has 2 atom stereocenters. The second-order valence-corrected chi connectivity index (χ2v) is 10.2. The lowest BCUT2D eigenvalue weighted by atomic mass is 9.75. The molecule has 0 aromatic carbocycles. The highest BCUT2D eigenvalue weighted by molar-refractivity contribution is 8.03. The van der Waals surface area contributed by atoms with E-state index in [0.717, 1.165) is 29.4 Å². The smallest absolute Gasteiger partial charge is 0.396 e. The number of halogens is 3. The molecule has 0 spiro atoms. The maximum atomic E-state index is 12.9. The molecule has 0 fully saturated rings. The molecule has 0 aromatic rings. The minimum atomic E-state index is -4.53. The normalized spacial score (nSPS) is 16.6. The number of carbonyl (C=O) groups is 1. The fourth-order valence-corrected chi connectivity index (χ4v) is 4.75. The van der Waals surface area contributed by atoms with Crippen molar-refractivity contribution < 1.29 is 23.1 Å². The van der Waals surface area contributed by atoms with Crippen molar-refractivity contribution in [2.45, 2.75) is 60.6 Å². The van der Waals surface area contributed by atoms with Gasteiger partial charge in [0.15, 0.2) is 0 Å². The van der Waals surface area contributed by atoms with Crippen molar-refractivity contribution in [1.29, 1.82) is 0 Å². The topological polar surface area (TPSA) is 98.1 Å². The summed E-state index contributed by atoms with van der Waals surface area (Å²) in [6, 6.07) is 0. The van der Waals surface area contributed by atoms with Gasteiger partial charge in [-0.2, -0.15) is 13.2 Å². The van der Waals surface area contributed by atoms with Crippen LogP contribution in [-0.4, -0.2) is 61.9 Å². The highest BCUT2D eigenvalue weighted by Crippen LogP contribution is 2.40. The summed E-state index contributed by atoms with van der Waals surface area (Å²) in [5.74, 6) is 0.253. The molecule has 0 radical (unpaired) electrons. The Bertz CT molecular complexity index is 955. The Kier molecular flexibility index (Phi) is 16.0. The first-order valence-electron chi connectivity index (χ1n) is 12.5. The molecule has 7 nitrogen and oxygen atoms in total. The summed E-state index contributed by atoms with van der Waals surface area (Å²) in [7, 11) is 3.37. The molecule has 0 heterocycles. The predicted octanol–water partition coefficient (Wildman–Crippen LogP) is 5.34. The summed E-state index contributed by atoms with van der Waals surface area (Å²) in [6.45, 7) is 14.7. The first-order valence-corrected chi connectivity index (χ1v) is 13.5. The summed E-state index contributed by atoms with van der Waals surface area (Å²) < 4.78 is 38.7. The summed E-state index contributed by atoms with van der Waals surface area (Å²) in [6.07, 6.45) is 1.99. The number of guanidine groups is 1. The van der Waals surface area contributed by atoms with Crippen molar-refractivity contribution in [1.82, 2.24) is 16.0 Å². The number of hydrogen-bond acceptors (Lipinski definition) is 5. The van der Waals surface area contributed by atoms with Crippen LogP contribution in [0.15, 0.2) is 56.7 Å². The van der Waals surface area contributed by atoms with Gasteiger partial charge < -0.3 is 21.1 Å². The van der Waals surface area contributed by atoms with E-state index < -0.39 is 11.9 Å². The van der Waals surface area contributed by atoms with Crippen molar-refractivity contribution in [2.75, 3.05) is 33.0 Å². The van der Waals surface area contributed by atoms with Gasteiger partial charge in [0, 0.05) is 56.2 Å². The highest BCUT2D eigenvalue weighted by Gasteiger charge is 2.34. The molecule has 0 saturated carbocycles. The Balaban J connectivity index is 5.69. The van der Waals surface area contributed by atoms with Crippen molar-refractivity contribution in [3.8, 4) is 0 Å². The predicted molar refractivity (Wildman–Crippen MR) is 154 cm³/mol. The Morgan fingerprint density at radius 1 is 1.16 bits per heavy atom. The molecule has 38 heavy (non-hydrogen) atoms. The van der Waals surface area contributed by atoms with Gasteiger partial charge in [-0.1, -0.05) is 26.5 Å². The van der Waals surface area contributed by atoms with Gasteiger partial charge in [-0.3, -0.25) is 9.79 Å². The van der Waals surface area contributed by atoms with Crippen molar-refractivity contribution in [3.05, 3.63) is 46.7 Å². The van der Waals surface area contributed by atoms with Crippen LogP contribution < -0.4 is 16.0 Å².